The molecule has 0 heterocycles. The number of halogens is 2. The van der Waals surface area contributed by atoms with E-state index < -0.39 is 29.0 Å². The number of benzene rings is 1. The van der Waals surface area contributed by atoms with Gasteiger partial charge >= 0.3 is 0 Å². The molecule has 1 rings (SSSR count). The number of hydrogen-bond acceptors (Lipinski definition) is 2. The quantitative estimate of drug-likeness (QED) is 0.803. The first-order valence-electron chi connectivity index (χ1n) is 5.23. The van der Waals surface area contributed by atoms with Crippen molar-refractivity contribution in [1.82, 2.24) is 0 Å². The van der Waals surface area contributed by atoms with Gasteiger partial charge in [-0.1, -0.05) is 19.4 Å². The molecule has 0 amide bonds. The lowest BCUT2D eigenvalue weighted by Gasteiger charge is -2.11. The van der Waals surface area contributed by atoms with Crippen molar-refractivity contribution in [1.29, 1.82) is 0 Å². The van der Waals surface area contributed by atoms with Crippen LogP contribution in [-0.2, 0) is 0 Å². The molecule has 4 heteroatoms. The van der Waals surface area contributed by atoms with E-state index in [1.54, 1.807) is 0 Å². The number of rotatable bonds is 4. The summed E-state index contributed by atoms with van der Waals surface area (Å²) in [5.74, 6) is -2.32. The van der Waals surface area contributed by atoms with Gasteiger partial charge in [0.25, 0.3) is 0 Å². The van der Waals surface area contributed by atoms with E-state index in [4.69, 9.17) is 5.73 Å². The van der Waals surface area contributed by atoms with Crippen molar-refractivity contribution in [3.63, 3.8) is 0 Å². The smallest absolute Gasteiger partial charge is 0.185 e. The molecule has 1 aromatic carbocycles. The number of carbonyl (C=O) groups is 1. The van der Waals surface area contributed by atoms with Gasteiger partial charge in [-0.25, -0.2) is 8.78 Å². The van der Waals surface area contributed by atoms with Gasteiger partial charge in [-0.3, -0.25) is 4.79 Å². The average molecular weight is 227 g/mol. The highest BCUT2D eigenvalue weighted by molar-refractivity contribution is 6.00. The van der Waals surface area contributed by atoms with Gasteiger partial charge < -0.3 is 5.73 Å². The molecule has 0 saturated carbocycles. The van der Waals surface area contributed by atoms with Crippen molar-refractivity contribution >= 4 is 5.78 Å². The van der Waals surface area contributed by atoms with Crippen LogP contribution in [0.15, 0.2) is 12.1 Å². The Labute approximate surface area is 93.5 Å². The maximum absolute atomic E-state index is 13.6. The second-order valence-corrected chi connectivity index (χ2v) is 3.81. The van der Waals surface area contributed by atoms with Crippen LogP contribution < -0.4 is 5.73 Å². The van der Waals surface area contributed by atoms with E-state index in [1.807, 2.05) is 6.92 Å². The van der Waals surface area contributed by atoms with E-state index in [9.17, 15) is 13.6 Å². The van der Waals surface area contributed by atoms with Crippen LogP contribution in [0.5, 0.6) is 0 Å². The van der Waals surface area contributed by atoms with Gasteiger partial charge in [0, 0.05) is 0 Å². The monoisotopic (exact) mass is 227 g/mol. The Morgan fingerprint density at radius 1 is 1.44 bits per heavy atom. The highest BCUT2D eigenvalue weighted by atomic mass is 19.1. The van der Waals surface area contributed by atoms with Gasteiger partial charge in [-0.15, -0.1) is 0 Å². The highest BCUT2D eigenvalue weighted by Crippen LogP contribution is 2.18. The summed E-state index contributed by atoms with van der Waals surface area (Å²) in [5, 5.41) is 0. The van der Waals surface area contributed by atoms with E-state index in [1.165, 1.54) is 13.0 Å². The summed E-state index contributed by atoms with van der Waals surface area (Å²) in [6, 6.07) is 1.55. The van der Waals surface area contributed by atoms with Crippen molar-refractivity contribution in [2.24, 2.45) is 5.73 Å². The summed E-state index contributed by atoms with van der Waals surface area (Å²) < 4.78 is 27.0. The lowest BCUT2D eigenvalue weighted by Crippen LogP contribution is -2.31. The third-order valence-electron chi connectivity index (χ3n) is 2.47. The topological polar surface area (TPSA) is 43.1 Å². The molecule has 0 aliphatic rings. The number of ketones is 1. The number of Topliss-reactive ketones (excluding diaryl/α,β-unsaturated/α-hetero) is 1. The third kappa shape index (κ3) is 2.44. The minimum absolute atomic E-state index is 0.244. The normalized spacial score (nSPS) is 12.6. The first kappa shape index (κ1) is 12.8. The summed E-state index contributed by atoms with van der Waals surface area (Å²) in [6.07, 6.45) is 1.12. The molecule has 0 spiro atoms. The Kier molecular flexibility index (Phi) is 4.12. The maximum Gasteiger partial charge on any atom is 0.185 e. The summed E-state index contributed by atoms with van der Waals surface area (Å²) in [4.78, 5) is 11.7. The standard InChI is InChI=1S/C12H15F2NO/c1-3-4-9(15)12(16)10-8(13)6-5-7(2)11(10)14/h5-6,9H,3-4,15H2,1-2H3. The zero-order chi connectivity index (χ0) is 12.3. The Hall–Kier alpha value is -1.29. The van der Waals surface area contributed by atoms with Gasteiger partial charge in [0.2, 0.25) is 0 Å². The molecular formula is C12H15F2NO. The predicted octanol–water partition coefficient (Wildman–Crippen LogP) is 2.58. The Bertz CT molecular complexity index is 404. The molecule has 1 unspecified atom stereocenters. The van der Waals surface area contributed by atoms with Gasteiger partial charge in [-0.2, -0.15) is 0 Å². The van der Waals surface area contributed by atoms with Crippen molar-refractivity contribution < 1.29 is 13.6 Å². The molecule has 2 N–H and O–H groups in total. The fourth-order valence-electron chi connectivity index (χ4n) is 1.51. The molecule has 0 bridgehead atoms. The van der Waals surface area contributed by atoms with Crippen molar-refractivity contribution in [2.75, 3.05) is 0 Å². The van der Waals surface area contributed by atoms with Crippen LogP contribution in [-0.4, -0.2) is 11.8 Å². The lowest BCUT2D eigenvalue weighted by molar-refractivity contribution is 0.0948. The fraction of sp³-hybridized carbons (Fsp3) is 0.417. The molecule has 0 saturated heterocycles. The lowest BCUT2D eigenvalue weighted by atomic mass is 9.98. The number of hydrogen-bond donors (Lipinski definition) is 1. The van der Waals surface area contributed by atoms with E-state index >= 15 is 0 Å². The molecule has 16 heavy (non-hydrogen) atoms. The summed E-state index contributed by atoms with van der Waals surface area (Å²) >= 11 is 0. The Morgan fingerprint density at radius 3 is 2.62 bits per heavy atom. The Balaban J connectivity index is 3.12. The second-order valence-electron chi connectivity index (χ2n) is 3.81. The van der Waals surface area contributed by atoms with Crippen molar-refractivity contribution in [3.8, 4) is 0 Å². The molecule has 88 valence electrons. The maximum atomic E-state index is 13.6. The first-order valence-corrected chi connectivity index (χ1v) is 5.23. The molecule has 0 radical (unpaired) electrons. The third-order valence-corrected chi connectivity index (χ3v) is 2.47. The molecule has 0 aromatic heterocycles. The van der Waals surface area contributed by atoms with Crippen LogP contribution in [0.25, 0.3) is 0 Å². The molecular weight excluding hydrogens is 212 g/mol. The van der Waals surface area contributed by atoms with E-state index in [2.05, 4.69) is 0 Å². The number of carbonyl (C=O) groups excluding carboxylic acids is 1. The van der Waals surface area contributed by atoms with Crippen LogP contribution in [0.3, 0.4) is 0 Å². The van der Waals surface area contributed by atoms with Crippen molar-refractivity contribution in [2.45, 2.75) is 32.7 Å². The Morgan fingerprint density at radius 2 is 2.06 bits per heavy atom. The average Bonchev–Trinajstić information content (AvgIpc) is 2.24. The van der Waals surface area contributed by atoms with Gasteiger partial charge in [-0.05, 0) is 25.0 Å². The largest absolute Gasteiger partial charge is 0.321 e. The zero-order valence-corrected chi connectivity index (χ0v) is 9.39. The fourth-order valence-corrected chi connectivity index (χ4v) is 1.51. The van der Waals surface area contributed by atoms with Crippen LogP contribution >= 0.6 is 0 Å². The van der Waals surface area contributed by atoms with Crippen LogP contribution in [0.2, 0.25) is 0 Å². The summed E-state index contributed by atoms with van der Waals surface area (Å²) in [7, 11) is 0. The van der Waals surface area contributed by atoms with Crippen LogP contribution in [0, 0.1) is 18.6 Å². The molecule has 0 aliphatic carbocycles. The van der Waals surface area contributed by atoms with E-state index in [0.29, 0.717) is 12.8 Å². The van der Waals surface area contributed by atoms with Crippen LogP contribution in [0.4, 0.5) is 8.78 Å². The van der Waals surface area contributed by atoms with Crippen molar-refractivity contribution in [3.05, 3.63) is 34.9 Å². The summed E-state index contributed by atoms with van der Waals surface area (Å²) in [6.45, 7) is 3.34. The van der Waals surface area contributed by atoms with E-state index in [0.717, 1.165) is 6.07 Å². The minimum atomic E-state index is -0.848. The highest BCUT2D eigenvalue weighted by Gasteiger charge is 2.23. The molecule has 1 aromatic rings. The molecule has 0 aliphatic heterocycles. The molecule has 0 fully saturated rings. The van der Waals surface area contributed by atoms with E-state index in [-0.39, 0.29) is 5.56 Å². The van der Waals surface area contributed by atoms with Gasteiger partial charge in [0.05, 0.1) is 11.6 Å². The van der Waals surface area contributed by atoms with Crippen LogP contribution in [0.1, 0.15) is 35.7 Å². The number of aryl methyl sites for hydroxylation is 1. The van der Waals surface area contributed by atoms with Gasteiger partial charge in [0.1, 0.15) is 11.6 Å². The molecule has 2 nitrogen and oxygen atoms in total. The molecule has 1 atom stereocenters. The zero-order valence-electron chi connectivity index (χ0n) is 9.39. The minimum Gasteiger partial charge on any atom is -0.321 e. The van der Waals surface area contributed by atoms with Gasteiger partial charge in [0.15, 0.2) is 5.78 Å². The first-order chi connectivity index (χ1) is 7.49. The SMILES string of the molecule is CCCC(N)C(=O)c1c(F)ccc(C)c1F. The number of nitrogens with two attached hydrogens (primary N) is 1. The summed E-state index contributed by atoms with van der Waals surface area (Å²) in [5.41, 5.74) is 5.30. The second kappa shape index (κ2) is 5.16. The predicted molar refractivity (Wildman–Crippen MR) is 58.3 cm³/mol.